The molecule has 4 atom stereocenters. The van der Waals surface area contributed by atoms with Crippen LogP contribution in [0.15, 0.2) is 47.4 Å². The van der Waals surface area contributed by atoms with Gasteiger partial charge in [0.1, 0.15) is 0 Å². The van der Waals surface area contributed by atoms with Crippen molar-refractivity contribution in [1.29, 1.82) is 0 Å². The molecule has 2 N–H and O–H groups in total. The maximum atomic E-state index is 12.8. The lowest BCUT2D eigenvalue weighted by Gasteiger charge is -2.28. The monoisotopic (exact) mass is 480 g/mol. The van der Waals surface area contributed by atoms with Gasteiger partial charge in [-0.05, 0) is 85.9 Å². The highest BCUT2D eigenvalue weighted by Crippen LogP contribution is 2.49. The molecule has 31 heavy (non-hydrogen) atoms. The van der Waals surface area contributed by atoms with Gasteiger partial charge in [-0.25, -0.2) is 13.1 Å². The van der Waals surface area contributed by atoms with Crippen LogP contribution in [0.2, 0.25) is 10.0 Å². The van der Waals surface area contributed by atoms with E-state index in [1.54, 1.807) is 30.3 Å². The first kappa shape index (κ1) is 22.6. The van der Waals surface area contributed by atoms with Gasteiger partial charge in [-0.15, -0.1) is 0 Å². The first-order chi connectivity index (χ1) is 14.7. The number of fused-ring (bicyclic) bond motifs is 2. The van der Waals surface area contributed by atoms with Gasteiger partial charge in [-0.1, -0.05) is 35.7 Å². The molecule has 2 saturated carbocycles. The van der Waals surface area contributed by atoms with E-state index in [-0.39, 0.29) is 23.3 Å². The zero-order chi connectivity index (χ0) is 22.2. The van der Waals surface area contributed by atoms with Gasteiger partial charge in [0.15, 0.2) is 0 Å². The van der Waals surface area contributed by atoms with E-state index in [9.17, 15) is 13.2 Å². The van der Waals surface area contributed by atoms with Crippen molar-refractivity contribution in [3.63, 3.8) is 0 Å². The predicted octanol–water partition coefficient (Wildman–Crippen LogP) is 5.28. The van der Waals surface area contributed by atoms with Crippen molar-refractivity contribution < 1.29 is 13.2 Å². The number of rotatable bonds is 7. The van der Waals surface area contributed by atoms with Crippen molar-refractivity contribution in [1.82, 2.24) is 4.72 Å². The van der Waals surface area contributed by atoms with Crippen molar-refractivity contribution in [2.75, 3.05) is 5.32 Å². The predicted molar refractivity (Wildman–Crippen MR) is 124 cm³/mol. The van der Waals surface area contributed by atoms with Crippen LogP contribution in [-0.2, 0) is 21.2 Å². The molecule has 2 fully saturated rings. The maximum absolute atomic E-state index is 12.8. The second-order valence-corrected chi connectivity index (χ2v) is 11.3. The summed E-state index contributed by atoms with van der Waals surface area (Å²) in [4.78, 5) is 12.5. The van der Waals surface area contributed by atoms with Crippen LogP contribution >= 0.6 is 23.2 Å². The first-order valence-corrected chi connectivity index (χ1v) is 12.8. The first-order valence-electron chi connectivity index (χ1n) is 10.6. The van der Waals surface area contributed by atoms with E-state index in [2.05, 4.69) is 10.0 Å². The molecule has 2 aliphatic rings. The highest BCUT2D eigenvalue weighted by molar-refractivity contribution is 7.89. The van der Waals surface area contributed by atoms with Crippen LogP contribution in [-0.4, -0.2) is 20.4 Å². The van der Waals surface area contributed by atoms with Crippen LogP contribution in [0.25, 0.3) is 0 Å². The number of nitrogens with one attached hydrogen (secondary N) is 2. The fourth-order valence-electron chi connectivity index (χ4n) is 5.07. The zero-order valence-electron chi connectivity index (χ0n) is 17.3. The van der Waals surface area contributed by atoms with Gasteiger partial charge in [0, 0.05) is 21.8 Å². The number of carbonyl (C=O) groups is 1. The second kappa shape index (κ2) is 9.10. The second-order valence-electron chi connectivity index (χ2n) is 8.73. The molecule has 1 amide bonds. The number of benzene rings is 2. The van der Waals surface area contributed by atoms with Crippen LogP contribution < -0.4 is 10.0 Å². The summed E-state index contributed by atoms with van der Waals surface area (Å²) >= 11 is 12.0. The molecule has 0 aliphatic heterocycles. The number of halogens is 2. The Labute approximate surface area is 193 Å². The van der Waals surface area contributed by atoms with Crippen molar-refractivity contribution >= 4 is 44.8 Å². The van der Waals surface area contributed by atoms with Crippen molar-refractivity contribution in [3.05, 3.63) is 58.1 Å². The van der Waals surface area contributed by atoms with E-state index in [4.69, 9.17) is 23.2 Å². The average molecular weight is 481 g/mol. The lowest BCUT2D eigenvalue weighted by atomic mass is 9.84. The number of carbonyl (C=O) groups excluding carboxylic acids is 1. The van der Waals surface area contributed by atoms with E-state index >= 15 is 0 Å². The van der Waals surface area contributed by atoms with Crippen molar-refractivity contribution in [2.45, 2.75) is 50.0 Å². The normalized spacial score (nSPS) is 23.6. The molecule has 0 heterocycles. The SMILES string of the molecule is C[C@@H](NS(=O)(=O)c1ccc(NC(=O)Cc2ccc(Cl)cc2Cl)cc1)[C@H]1C[C@H]2CC[C@H]1C2. The third-order valence-electron chi connectivity index (χ3n) is 6.59. The minimum atomic E-state index is -3.61. The summed E-state index contributed by atoms with van der Waals surface area (Å²) in [7, 11) is -3.61. The lowest BCUT2D eigenvalue weighted by Crippen LogP contribution is -2.40. The minimum Gasteiger partial charge on any atom is -0.326 e. The molecule has 2 bridgehead atoms. The van der Waals surface area contributed by atoms with Crippen molar-refractivity contribution in [3.8, 4) is 0 Å². The highest BCUT2D eigenvalue weighted by Gasteiger charge is 2.42. The summed E-state index contributed by atoms with van der Waals surface area (Å²) in [5, 5.41) is 3.71. The Kier molecular flexibility index (Phi) is 6.63. The zero-order valence-corrected chi connectivity index (χ0v) is 19.6. The van der Waals surface area contributed by atoms with E-state index in [1.807, 2.05) is 6.92 Å². The quantitative estimate of drug-likeness (QED) is 0.565. The van der Waals surface area contributed by atoms with E-state index in [1.165, 1.54) is 31.4 Å². The molecule has 2 aliphatic carbocycles. The van der Waals surface area contributed by atoms with Crippen LogP contribution in [0.4, 0.5) is 5.69 Å². The standard InChI is InChI=1S/C23H26Cl2N2O3S/c1-14(21-11-15-2-3-16(21)10-15)27-31(29,30)20-8-6-19(7-9-20)26-23(28)12-17-4-5-18(24)13-22(17)25/h4-9,13-16,21,27H,2-3,10-12H2,1H3,(H,26,28)/t14-,15+,16+,21-/m1/s1. The topological polar surface area (TPSA) is 75.3 Å². The molecule has 8 heteroatoms. The number of sulfonamides is 1. The molecule has 0 aromatic heterocycles. The number of hydrogen-bond acceptors (Lipinski definition) is 3. The van der Waals surface area contributed by atoms with Crippen LogP contribution in [0, 0.1) is 17.8 Å². The number of amides is 1. The fraction of sp³-hybridized carbons (Fsp3) is 0.435. The highest BCUT2D eigenvalue weighted by atomic mass is 35.5. The van der Waals surface area contributed by atoms with Crippen LogP contribution in [0.3, 0.4) is 0 Å². The fourth-order valence-corrected chi connectivity index (χ4v) is 6.84. The van der Waals surface area contributed by atoms with Crippen molar-refractivity contribution in [2.24, 2.45) is 17.8 Å². The van der Waals surface area contributed by atoms with Gasteiger partial charge >= 0.3 is 0 Å². The molecule has 5 nitrogen and oxygen atoms in total. The molecule has 2 aromatic carbocycles. The number of hydrogen-bond donors (Lipinski definition) is 2. The van der Waals surface area contributed by atoms with Gasteiger partial charge < -0.3 is 5.32 Å². The Bertz CT molecular complexity index is 1070. The molecule has 166 valence electrons. The summed E-state index contributed by atoms with van der Waals surface area (Å²) < 4.78 is 28.5. The summed E-state index contributed by atoms with van der Waals surface area (Å²) in [6.07, 6.45) is 4.97. The van der Waals surface area contributed by atoms with Crippen LogP contribution in [0.5, 0.6) is 0 Å². The van der Waals surface area contributed by atoms with Gasteiger partial charge in [-0.3, -0.25) is 4.79 Å². The van der Waals surface area contributed by atoms with E-state index < -0.39 is 10.0 Å². The maximum Gasteiger partial charge on any atom is 0.240 e. The third kappa shape index (κ3) is 5.25. The molecule has 0 unspecified atom stereocenters. The summed E-state index contributed by atoms with van der Waals surface area (Å²) in [6, 6.07) is 11.1. The molecule has 0 radical (unpaired) electrons. The van der Waals surface area contributed by atoms with Crippen LogP contribution in [0.1, 0.15) is 38.2 Å². The Morgan fingerprint density at radius 3 is 2.45 bits per heavy atom. The van der Waals surface area contributed by atoms with Gasteiger partial charge in [0.25, 0.3) is 0 Å². The van der Waals surface area contributed by atoms with Gasteiger partial charge in [0.05, 0.1) is 11.3 Å². The largest absolute Gasteiger partial charge is 0.326 e. The summed E-state index contributed by atoms with van der Waals surface area (Å²) in [5.74, 6) is 1.59. The third-order valence-corrected chi connectivity index (χ3v) is 8.75. The smallest absolute Gasteiger partial charge is 0.240 e. The average Bonchev–Trinajstić information content (AvgIpc) is 3.34. The summed E-state index contributed by atoms with van der Waals surface area (Å²) in [5.41, 5.74) is 1.19. The molecule has 0 saturated heterocycles. The Balaban J connectivity index is 1.36. The molecule has 0 spiro atoms. The lowest BCUT2D eigenvalue weighted by molar-refractivity contribution is -0.115. The minimum absolute atomic E-state index is 0.0798. The molecule has 4 rings (SSSR count). The molecular weight excluding hydrogens is 455 g/mol. The van der Waals surface area contributed by atoms with Gasteiger partial charge in [-0.2, -0.15) is 0 Å². The number of anilines is 1. The van der Waals surface area contributed by atoms with E-state index in [0.717, 1.165) is 12.3 Å². The molecular formula is C23H26Cl2N2O3S. The Morgan fingerprint density at radius 1 is 1.10 bits per heavy atom. The summed E-state index contributed by atoms with van der Waals surface area (Å²) in [6.45, 7) is 1.97. The van der Waals surface area contributed by atoms with E-state index in [0.29, 0.717) is 33.1 Å². The van der Waals surface area contributed by atoms with Gasteiger partial charge in [0.2, 0.25) is 15.9 Å². The molecule has 2 aromatic rings. The Morgan fingerprint density at radius 2 is 1.84 bits per heavy atom. The Hall–Kier alpha value is -1.60.